The zero-order chi connectivity index (χ0) is 18.4. The summed E-state index contributed by atoms with van der Waals surface area (Å²) in [5.74, 6) is -0.0304. The first-order valence-corrected chi connectivity index (χ1v) is 8.12. The first-order valence-electron chi connectivity index (χ1n) is 8.12. The minimum Gasteiger partial charge on any atom is -0.383 e. The van der Waals surface area contributed by atoms with Crippen LogP contribution in [0.4, 0.5) is 5.69 Å². The summed E-state index contributed by atoms with van der Waals surface area (Å²) in [6.45, 7) is 6.26. The molecule has 1 aromatic heterocycles. The quantitative estimate of drug-likeness (QED) is 0.752. The summed E-state index contributed by atoms with van der Waals surface area (Å²) in [6.07, 6.45) is 0.598. The summed E-state index contributed by atoms with van der Waals surface area (Å²) in [5.41, 5.74) is 2.83. The minimum absolute atomic E-state index is 0.207. The predicted octanol–water partition coefficient (Wildman–Crippen LogP) is 2.48. The monoisotopic (exact) mass is 345 g/mol. The van der Waals surface area contributed by atoms with Crippen molar-refractivity contribution in [3.63, 3.8) is 0 Å². The van der Waals surface area contributed by atoms with Gasteiger partial charge in [0.2, 0.25) is 0 Å². The molecule has 7 nitrogen and oxygen atoms in total. The molecule has 134 valence electrons. The van der Waals surface area contributed by atoms with E-state index in [0.717, 1.165) is 0 Å². The van der Waals surface area contributed by atoms with E-state index >= 15 is 0 Å². The summed E-state index contributed by atoms with van der Waals surface area (Å²) < 4.78 is 10.0. The maximum atomic E-state index is 12.6. The summed E-state index contributed by atoms with van der Waals surface area (Å²) in [5, 5.41) is 9.52. The van der Waals surface area contributed by atoms with E-state index in [1.807, 2.05) is 6.92 Å². The van der Waals surface area contributed by atoms with Gasteiger partial charge in [0.25, 0.3) is 11.8 Å². The molecule has 0 saturated carbocycles. The molecule has 1 aromatic carbocycles. The van der Waals surface area contributed by atoms with E-state index in [2.05, 4.69) is 15.8 Å². The Hall–Kier alpha value is -2.67. The van der Waals surface area contributed by atoms with Gasteiger partial charge in [-0.1, -0.05) is 18.1 Å². The number of nitrogens with one attached hydrogen (secondary N) is 2. The van der Waals surface area contributed by atoms with Crippen LogP contribution in [0.5, 0.6) is 0 Å². The summed E-state index contributed by atoms with van der Waals surface area (Å²) in [7, 11) is 1.57. The van der Waals surface area contributed by atoms with Gasteiger partial charge in [-0.25, -0.2) is 0 Å². The summed E-state index contributed by atoms with van der Waals surface area (Å²) >= 11 is 0. The molecular weight excluding hydrogens is 322 g/mol. The molecule has 0 bridgehead atoms. The van der Waals surface area contributed by atoms with Gasteiger partial charge in [-0.2, -0.15) is 0 Å². The van der Waals surface area contributed by atoms with Gasteiger partial charge in [0.1, 0.15) is 11.3 Å². The van der Waals surface area contributed by atoms with Gasteiger partial charge in [0.05, 0.1) is 12.3 Å². The Morgan fingerprint density at radius 3 is 2.68 bits per heavy atom. The van der Waals surface area contributed by atoms with Gasteiger partial charge in [-0.3, -0.25) is 9.59 Å². The molecule has 0 unspecified atom stereocenters. The number of anilines is 1. The molecular formula is C18H23N3O4. The Kier molecular flexibility index (Phi) is 6.30. The molecule has 0 aliphatic carbocycles. The van der Waals surface area contributed by atoms with Crippen LogP contribution in [0.15, 0.2) is 22.7 Å². The van der Waals surface area contributed by atoms with Crippen molar-refractivity contribution in [2.24, 2.45) is 0 Å². The Bertz CT molecular complexity index is 768. The number of benzene rings is 1. The molecule has 0 aliphatic rings. The van der Waals surface area contributed by atoms with Gasteiger partial charge in [0.15, 0.2) is 0 Å². The standard InChI is InChI=1S/C18H23N3O4/c1-5-14-16(12(3)25-21-14)18(23)20-15-8-6-7-13(11(15)2)17(22)19-9-10-24-4/h6-8H,5,9-10H2,1-4H3,(H,19,22)(H,20,23). The molecule has 2 amide bonds. The highest BCUT2D eigenvalue weighted by atomic mass is 16.5. The average Bonchev–Trinajstić information content (AvgIpc) is 2.97. The lowest BCUT2D eigenvalue weighted by Crippen LogP contribution is -2.28. The van der Waals surface area contributed by atoms with E-state index < -0.39 is 0 Å². The second kappa shape index (κ2) is 8.43. The molecule has 0 aliphatic heterocycles. The van der Waals surface area contributed by atoms with E-state index in [1.165, 1.54) is 0 Å². The van der Waals surface area contributed by atoms with Crippen molar-refractivity contribution in [3.8, 4) is 0 Å². The van der Waals surface area contributed by atoms with Crippen LogP contribution in [0.2, 0.25) is 0 Å². The van der Waals surface area contributed by atoms with Crippen molar-refractivity contribution >= 4 is 17.5 Å². The van der Waals surface area contributed by atoms with Gasteiger partial charge < -0.3 is 19.9 Å². The fourth-order valence-corrected chi connectivity index (χ4v) is 2.51. The third kappa shape index (κ3) is 4.24. The van der Waals surface area contributed by atoms with E-state index in [0.29, 0.717) is 53.4 Å². The zero-order valence-electron chi connectivity index (χ0n) is 14.9. The number of amides is 2. The average molecular weight is 345 g/mol. The third-order valence-corrected chi connectivity index (χ3v) is 3.91. The topological polar surface area (TPSA) is 93.5 Å². The largest absolute Gasteiger partial charge is 0.383 e. The van der Waals surface area contributed by atoms with E-state index in [4.69, 9.17) is 9.26 Å². The summed E-state index contributed by atoms with van der Waals surface area (Å²) in [4.78, 5) is 24.8. The van der Waals surface area contributed by atoms with Crippen molar-refractivity contribution in [3.05, 3.63) is 46.3 Å². The SMILES string of the molecule is CCc1noc(C)c1C(=O)Nc1cccc(C(=O)NCCOC)c1C. The smallest absolute Gasteiger partial charge is 0.261 e. The molecule has 25 heavy (non-hydrogen) atoms. The minimum atomic E-state index is -0.296. The van der Waals surface area contributed by atoms with Gasteiger partial charge >= 0.3 is 0 Å². The van der Waals surface area contributed by atoms with E-state index in [1.54, 1.807) is 39.2 Å². The van der Waals surface area contributed by atoms with Crippen LogP contribution in [-0.4, -0.2) is 37.2 Å². The van der Waals surface area contributed by atoms with Crippen LogP contribution in [-0.2, 0) is 11.2 Å². The van der Waals surface area contributed by atoms with Crippen LogP contribution >= 0.6 is 0 Å². The van der Waals surface area contributed by atoms with Crippen molar-refractivity contribution < 1.29 is 18.8 Å². The lowest BCUT2D eigenvalue weighted by molar-refractivity contribution is 0.0935. The number of ether oxygens (including phenoxy) is 1. The molecule has 0 radical (unpaired) electrons. The number of rotatable bonds is 7. The molecule has 2 rings (SSSR count). The number of nitrogens with zero attached hydrogens (tertiary/aromatic N) is 1. The Balaban J connectivity index is 2.20. The maximum absolute atomic E-state index is 12.6. The van der Waals surface area contributed by atoms with Gasteiger partial charge in [0, 0.05) is 24.9 Å². The Morgan fingerprint density at radius 2 is 2.00 bits per heavy atom. The molecule has 0 saturated heterocycles. The van der Waals surface area contributed by atoms with Crippen LogP contribution in [0.3, 0.4) is 0 Å². The van der Waals surface area contributed by atoms with E-state index in [-0.39, 0.29) is 11.8 Å². The number of hydrogen-bond donors (Lipinski definition) is 2. The molecule has 7 heteroatoms. The second-order valence-electron chi connectivity index (χ2n) is 5.59. The Morgan fingerprint density at radius 1 is 1.24 bits per heavy atom. The molecule has 1 heterocycles. The normalized spacial score (nSPS) is 10.6. The molecule has 2 aromatic rings. The van der Waals surface area contributed by atoms with Crippen LogP contribution in [0.25, 0.3) is 0 Å². The van der Waals surface area contributed by atoms with Gasteiger partial charge in [-0.15, -0.1) is 0 Å². The molecule has 2 N–H and O–H groups in total. The number of methoxy groups -OCH3 is 1. The maximum Gasteiger partial charge on any atom is 0.261 e. The molecule has 0 fully saturated rings. The first kappa shape index (κ1) is 18.7. The third-order valence-electron chi connectivity index (χ3n) is 3.91. The number of carbonyl (C=O) groups excluding carboxylic acids is 2. The fraction of sp³-hybridized carbons (Fsp3) is 0.389. The second-order valence-corrected chi connectivity index (χ2v) is 5.59. The van der Waals surface area contributed by atoms with Crippen LogP contribution < -0.4 is 10.6 Å². The first-order chi connectivity index (χ1) is 12.0. The van der Waals surface area contributed by atoms with E-state index in [9.17, 15) is 9.59 Å². The Labute approximate surface area is 146 Å². The van der Waals surface area contributed by atoms with Crippen LogP contribution in [0, 0.1) is 13.8 Å². The zero-order valence-corrected chi connectivity index (χ0v) is 14.9. The van der Waals surface area contributed by atoms with Gasteiger partial charge in [-0.05, 0) is 38.0 Å². The highest BCUT2D eigenvalue weighted by Gasteiger charge is 2.20. The predicted molar refractivity (Wildman–Crippen MR) is 94.0 cm³/mol. The number of aromatic nitrogens is 1. The highest BCUT2D eigenvalue weighted by Crippen LogP contribution is 2.22. The van der Waals surface area contributed by atoms with Crippen molar-refractivity contribution in [2.45, 2.75) is 27.2 Å². The molecule has 0 spiro atoms. The number of hydrogen-bond acceptors (Lipinski definition) is 5. The lowest BCUT2D eigenvalue weighted by Gasteiger charge is -2.12. The lowest BCUT2D eigenvalue weighted by atomic mass is 10.1. The highest BCUT2D eigenvalue weighted by molar-refractivity contribution is 6.07. The van der Waals surface area contributed by atoms with Crippen molar-refractivity contribution in [1.82, 2.24) is 10.5 Å². The van der Waals surface area contributed by atoms with Crippen molar-refractivity contribution in [1.29, 1.82) is 0 Å². The number of carbonyl (C=O) groups is 2. The number of aryl methyl sites for hydroxylation is 2. The van der Waals surface area contributed by atoms with Crippen molar-refractivity contribution in [2.75, 3.05) is 25.6 Å². The van der Waals surface area contributed by atoms with Crippen LogP contribution in [0.1, 0.15) is 44.7 Å². The summed E-state index contributed by atoms with van der Waals surface area (Å²) in [6, 6.07) is 5.21. The fourth-order valence-electron chi connectivity index (χ4n) is 2.51. The molecule has 0 atom stereocenters.